The number of hydrogen-bond donors (Lipinski definition) is 2. The van der Waals surface area contributed by atoms with Crippen LogP contribution in [-0.2, 0) is 41.6 Å². The number of amides is 2. The summed E-state index contributed by atoms with van der Waals surface area (Å²) < 4.78 is 20.7. The molecule has 2 fully saturated rings. The molecule has 2 N–H and O–H groups in total. The number of esters is 1. The van der Waals surface area contributed by atoms with Crippen LogP contribution in [-0.4, -0.2) is 81.3 Å². The first-order valence-corrected chi connectivity index (χ1v) is 23.4. The number of para-hydroxylation sites is 1. The van der Waals surface area contributed by atoms with E-state index in [0.717, 1.165) is 61.3 Å². The summed E-state index contributed by atoms with van der Waals surface area (Å²) >= 11 is 1.40. The van der Waals surface area contributed by atoms with Crippen LogP contribution in [0.1, 0.15) is 94.5 Å². The Balaban J connectivity index is 1.13. The van der Waals surface area contributed by atoms with Gasteiger partial charge in [-0.3, -0.25) is 29.4 Å². The Morgan fingerprint density at radius 3 is 2.70 bits per heavy atom. The second-order valence-electron chi connectivity index (χ2n) is 18.2. The summed E-state index contributed by atoms with van der Waals surface area (Å²) in [6, 6.07) is 20.5. The van der Waals surface area contributed by atoms with Gasteiger partial charge in [0.2, 0.25) is 5.91 Å². The molecule has 334 valence electrons. The number of carbonyl (C=O) groups excluding carboxylic acids is 3. The van der Waals surface area contributed by atoms with Crippen LogP contribution in [0.2, 0.25) is 0 Å². The fourth-order valence-corrected chi connectivity index (χ4v) is 10.7. The predicted molar refractivity (Wildman–Crippen MR) is 247 cm³/mol. The first-order valence-electron chi connectivity index (χ1n) is 22.5. The molecule has 1 aliphatic carbocycles. The van der Waals surface area contributed by atoms with Gasteiger partial charge in [-0.1, -0.05) is 51.1 Å². The highest BCUT2D eigenvalue weighted by Gasteiger charge is 2.54. The van der Waals surface area contributed by atoms with Crippen LogP contribution in [0.4, 0.5) is 0 Å². The van der Waals surface area contributed by atoms with Gasteiger partial charge in [0.25, 0.3) is 5.91 Å². The van der Waals surface area contributed by atoms with E-state index in [1.165, 1.54) is 16.3 Å². The molecule has 1 saturated heterocycles. The maximum Gasteiger partial charge on any atom is 0.324 e. The highest BCUT2D eigenvalue weighted by Crippen LogP contribution is 2.53. The molecule has 2 aliphatic heterocycles. The normalized spacial score (nSPS) is 24.0. The lowest BCUT2D eigenvalue weighted by atomic mass is 9.84. The van der Waals surface area contributed by atoms with Crippen LogP contribution in [0.25, 0.3) is 44.3 Å². The number of hydrogen-bond acceptors (Lipinski definition) is 11. The monoisotopic (exact) mass is 883 g/mol. The quantitative estimate of drug-likeness (QED) is 0.136. The van der Waals surface area contributed by atoms with E-state index in [2.05, 4.69) is 60.3 Å². The molecule has 2 amide bonds. The third kappa shape index (κ3) is 8.21. The maximum absolute atomic E-state index is 14.9. The lowest BCUT2D eigenvalue weighted by molar-refractivity contribution is -0.156. The van der Waals surface area contributed by atoms with Crippen molar-refractivity contribution in [1.82, 2.24) is 35.3 Å². The first-order chi connectivity index (χ1) is 30.9. The van der Waals surface area contributed by atoms with Crippen LogP contribution in [0.5, 0.6) is 0 Å². The van der Waals surface area contributed by atoms with Gasteiger partial charge in [0, 0.05) is 88.7 Å². The largest absolute Gasteiger partial charge is 0.464 e. The number of nitrogens with one attached hydrogen (secondary N) is 2. The molecule has 9 rings (SSSR count). The third-order valence-electron chi connectivity index (χ3n) is 13.2. The molecule has 2 aromatic carbocycles. The van der Waals surface area contributed by atoms with Crippen molar-refractivity contribution in [2.24, 2.45) is 17.3 Å². The molecule has 6 aromatic rings. The van der Waals surface area contributed by atoms with E-state index >= 15 is 0 Å². The Kier molecular flexibility index (Phi) is 12.1. The number of ether oxygens (including phenoxy) is 3. The zero-order valence-corrected chi connectivity index (χ0v) is 38.4. The van der Waals surface area contributed by atoms with Gasteiger partial charge in [-0.15, -0.1) is 11.3 Å². The molecule has 13 nitrogen and oxygen atoms in total. The van der Waals surface area contributed by atoms with Crippen LogP contribution < -0.4 is 10.7 Å². The number of cyclic esters (lactones) is 1. The predicted octanol–water partition coefficient (Wildman–Crippen LogP) is 8.34. The summed E-state index contributed by atoms with van der Waals surface area (Å²) in [6.45, 7) is 13.8. The standard InChI is InChI=1S/C50H57N7O6S/c1-8-56-39-21-19-31-24-33(39)34(44(56)32-15-12-22-51-42(32)29(4)61-7)25-50(5,6)27-63-49(60)37-17-13-23-57(55-37)48(59)43(45(62-9-2)47-53-38(31)26-64-47)54-46(58)41-28(3)40(41)36-20-18-30-14-10-11-16-35(30)52-36/h10-12,14-16,18-22,24,26,28-29,37,40-41,43,45,55H,8-9,13,17,23,25,27H2,1-7H3,(H,54,58)/t28-,29-,37-,40-,41+,43-,45-/m0/s1. The number of aryl methyl sites for hydroxylation is 1. The zero-order chi connectivity index (χ0) is 44.9. The molecule has 3 aliphatic rings. The fraction of sp³-hybridized carbons (Fsp3) is 0.440. The Morgan fingerprint density at radius 1 is 1.08 bits per heavy atom. The number of methoxy groups -OCH3 is 1. The summed E-state index contributed by atoms with van der Waals surface area (Å²) in [6.07, 6.45) is 2.28. The van der Waals surface area contributed by atoms with Crippen molar-refractivity contribution in [2.45, 2.75) is 97.6 Å². The third-order valence-corrected chi connectivity index (χ3v) is 14.1. The molecule has 0 spiro atoms. The number of benzene rings is 2. The summed E-state index contributed by atoms with van der Waals surface area (Å²) in [5.74, 6) is -1.59. The second kappa shape index (κ2) is 17.8. The van der Waals surface area contributed by atoms with Crippen molar-refractivity contribution in [1.29, 1.82) is 0 Å². The van der Waals surface area contributed by atoms with E-state index in [9.17, 15) is 14.4 Å². The molecule has 0 radical (unpaired) electrons. The Labute approximate surface area is 377 Å². The number of hydrazine groups is 1. The highest BCUT2D eigenvalue weighted by atomic mass is 32.1. The average molecular weight is 884 g/mol. The van der Waals surface area contributed by atoms with Crippen LogP contribution >= 0.6 is 11.3 Å². The van der Waals surface area contributed by atoms with Gasteiger partial charge >= 0.3 is 5.97 Å². The molecule has 0 unspecified atom stereocenters. The van der Waals surface area contributed by atoms with Crippen molar-refractivity contribution >= 4 is 50.9 Å². The Morgan fingerprint density at radius 2 is 1.91 bits per heavy atom. The van der Waals surface area contributed by atoms with Crippen LogP contribution in [0.3, 0.4) is 0 Å². The topological polar surface area (TPSA) is 150 Å². The maximum atomic E-state index is 14.9. The molecule has 7 atom stereocenters. The van der Waals surface area contributed by atoms with E-state index < -0.39 is 41.4 Å². The van der Waals surface area contributed by atoms with Crippen molar-refractivity contribution in [3.8, 4) is 22.5 Å². The molecule has 64 heavy (non-hydrogen) atoms. The number of fused-ring (bicyclic) bond motifs is 7. The SMILES string of the molecule is CCO[C@@H]1c2nc(cs2)-c2ccc3c(c2)c(c(-c2cccnc2[C@H](C)OC)n3CC)CC(C)(C)COC(=O)[C@@H]2CCCN(N2)C(=O)[C@H]1NC(=O)[C@@H]1[C@@H](C)[C@H]1c1ccc2ccccc2n1. The minimum Gasteiger partial charge on any atom is -0.464 e. The first kappa shape index (κ1) is 43.7. The van der Waals surface area contributed by atoms with Gasteiger partial charge < -0.3 is 24.1 Å². The lowest BCUT2D eigenvalue weighted by Gasteiger charge is -2.37. The van der Waals surface area contributed by atoms with Gasteiger partial charge in [0.1, 0.15) is 23.2 Å². The number of nitrogens with zero attached hydrogens (tertiary/aromatic N) is 5. The fourth-order valence-electron chi connectivity index (χ4n) is 9.77. The van der Waals surface area contributed by atoms with E-state index in [1.807, 2.05) is 68.6 Å². The molecule has 1 saturated carbocycles. The average Bonchev–Trinajstić information content (AvgIpc) is 3.59. The van der Waals surface area contributed by atoms with Gasteiger partial charge in [0.15, 0.2) is 0 Å². The number of aromatic nitrogens is 4. The molecule has 4 aromatic heterocycles. The second-order valence-corrected chi connectivity index (χ2v) is 19.0. The smallest absolute Gasteiger partial charge is 0.324 e. The molecular formula is C50H57N7O6S. The van der Waals surface area contributed by atoms with E-state index in [0.29, 0.717) is 37.4 Å². The van der Waals surface area contributed by atoms with E-state index in [4.69, 9.17) is 29.2 Å². The Bertz CT molecular complexity index is 2730. The summed E-state index contributed by atoms with van der Waals surface area (Å²) in [5, 5.41) is 9.26. The zero-order valence-electron chi connectivity index (χ0n) is 37.6. The van der Waals surface area contributed by atoms with Crippen molar-refractivity contribution in [3.05, 3.63) is 100 Å². The minimum absolute atomic E-state index is 0.00696. The molecule has 6 bridgehead atoms. The number of thiazole rings is 1. The molecule has 6 heterocycles. The van der Waals surface area contributed by atoms with Crippen molar-refractivity contribution in [2.75, 3.05) is 26.9 Å². The van der Waals surface area contributed by atoms with Gasteiger partial charge in [-0.2, -0.15) is 0 Å². The van der Waals surface area contributed by atoms with Crippen LogP contribution in [0.15, 0.2) is 78.3 Å². The summed E-state index contributed by atoms with van der Waals surface area (Å²) in [5.41, 5.74) is 11.1. The van der Waals surface area contributed by atoms with E-state index in [1.54, 1.807) is 13.3 Å². The minimum atomic E-state index is -1.15. The lowest BCUT2D eigenvalue weighted by Crippen LogP contribution is -2.61. The highest BCUT2D eigenvalue weighted by molar-refractivity contribution is 7.10. The molecule has 14 heteroatoms. The summed E-state index contributed by atoms with van der Waals surface area (Å²) in [4.78, 5) is 58.2. The summed E-state index contributed by atoms with van der Waals surface area (Å²) in [7, 11) is 1.70. The Hall–Kier alpha value is -5.54. The van der Waals surface area contributed by atoms with E-state index in [-0.39, 0.29) is 37.1 Å². The molecular weight excluding hydrogens is 827 g/mol. The number of rotatable bonds is 9. The van der Waals surface area contributed by atoms with Gasteiger partial charge in [-0.25, -0.2) is 10.4 Å². The van der Waals surface area contributed by atoms with Gasteiger partial charge in [-0.05, 0) is 87.9 Å². The number of carbonyl (C=O) groups is 3. The van der Waals surface area contributed by atoms with Gasteiger partial charge in [0.05, 0.1) is 35.3 Å². The van der Waals surface area contributed by atoms with Crippen molar-refractivity contribution in [3.63, 3.8) is 0 Å². The van der Waals surface area contributed by atoms with Crippen LogP contribution in [0, 0.1) is 17.3 Å². The number of pyridine rings is 2. The van der Waals surface area contributed by atoms with Crippen molar-refractivity contribution < 1.29 is 28.6 Å².